The van der Waals surface area contributed by atoms with Crippen LogP contribution in [0.3, 0.4) is 0 Å². The molecule has 0 aromatic carbocycles. The van der Waals surface area contributed by atoms with Crippen molar-refractivity contribution >= 4 is 14.0 Å². The number of carboxylic acids is 1. The van der Waals surface area contributed by atoms with E-state index in [9.17, 15) is 45.6 Å². The smallest absolute Gasteiger partial charge is 0.329 e. The summed E-state index contributed by atoms with van der Waals surface area (Å²) in [4.78, 5) is 11.0. The second kappa shape index (κ2) is 15.6. The van der Waals surface area contributed by atoms with Crippen LogP contribution in [0, 0.1) is 0 Å². The molecular weight excluding hydrogens is 600 g/mol. The summed E-state index contributed by atoms with van der Waals surface area (Å²) in [6.07, 6.45) is -23.1. The zero-order valence-corrected chi connectivity index (χ0v) is 25.5. The van der Waals surface area contributed by atoms with Crippen molar-refractivity contribution in [2.45, 2.75) is 125 Å². The first-order chi connectivity index (χ1) is 20.1. The summed E-state index contributed by atoms with van der Waals surface area (Å²) in [7, 11) is -1.57. The van der Waals surface area contributed by atoms with E-state index in [4.69, 9.17) is 38.3 Å². The predicted molar refractivity (Wildman–Crippen MR) is 143 cm³/mol. The maximum atomic E-state index is 11.3. The number of hydrogen-bond acceptors (Lipinski definition) is 16. The van der Waals surface area contributed by atoms with Gasteiger partial charge in [-0.25, -0.2) is 4.79 Å². The van der Waals surface area contributed by atoms with Crippen LogP contribution < -0.4 is 0 Å². The van der Waals surface area contributed by atoms with Crippen molar-refractivity contribution in [2.24, 2.45) is 0 Å². The van der Waals surface area contributed by atoms with Crippen molar-refractivity contribution in [3.05, 3.63) is 0 Å². The van der Waals surface area contributed by atoms with Crippen molar-refractivity contribution in [2.75, 3.05) is 26.4 Å². The van der Waals surface area contributed by atoms with E-state index in [-0.39, 0.29) is 6.61 Å². The van der Waals surface area contributed by atoms with E-state index in [0.29, 0.717) is 6.04 Å². The van der Waals surface area contributed by atoms with Crippen molar-refractivity contribution in [3.8, 4) is 0 Å². The van der Waals surface area contributed by atoms with Gasteiger partial charge in [-0.3, -0.25) is 0 Å². The highest BCUT2D eigenvalue weighted by Crippen LogP contribution is 2.34. The second-order valence-corrected chi connectivity index (χ2v) is 17.8. The first-order valence-electron chi connectivity index (χ1n) is 14.1. The number of carboxylic acid groups (broad SMARTS) is 1. The van der Waals surface area contributed by atoms with E-state index >= 15 is 0 Å². The molecule has 43 heavy (non-hydrogen) atoms. The fraction of sp³-hybridized carbons (Fsp3) is 0.960. The van der Waals surface area contributed by atoms with Crippen molar-refractivity contribution in [1.29, 1.82) is 0 Å². The Labute approximate surface area is 249 Å². The van der Waals surface area contributed by atoms with Gasteiger partial charge in [0.2, 0.25) is 0 Å². The van der Waals surface area contributed by atoms with E-state index in [2.05, 4.69) is 19.6 Å². The third kappa shape index (κ3) is 9.09. The summed E-state index contributed by atoms with van der Waals surface area (Å²) in [6.45, 7) is 5.55. The number of aliphatic hydroxyl groups excluding tert-OH is 8. The van der Waals surface area contributed by atoms with Gasteiger partial charge in [0.25, 0.3) is 0 Å². The highest BCUT2D eigenvalue weighted by molar-refractivity contribution is 6.76. The lowest BCUT2D eigenvalue weighted by atomic mass is 9.96. The van der Waals surface area contributed by atoms with Crippen LogP contribution in [-0.4, -0.2) is 179 Å². The van der Waals surface area contributed by atoms with Crippen LogP contribution in [0.25, 0.3) is 0 Å². The van der Waals surface area contributed by atoms with Gasteiger partial charge in [0.1, 0.15) is 73.8 Å². The Hall–Kier alpha value is -0.913. The molecule has 3 heterocycles. The lowest BCUT2D eigenvalue weighted by molar-refractivity contribution is -0.386. The summed E-state index contributed by atoms with van der Waals surface area (Å²) in [5, 5.41) is 92.6. The van der Waals surface area contributed by atoms with Crippen LogP contribution in [0.4, 0.5) is 0 Å². The Morgan fingerprint density at radius 2 is 1.23 bits per heavy atom. The quantitative estimate of drug-likeness (QED) is 0.0861. The van der Waals surface area contributed by atoms with Crippen LogP contribution in [0.2, 0.25) is 25.7 Å². The monoisotopic (exact) mass is 646 g/mol. The molecule has 0 aromatic rings. The van der Waals surface area contributed by atoms with Crippen LogP contribution in [0.1, 0.15) is 6.92 Å². The molecular formula is C25H46O17Si. The minimum Gasteiger partial charge on any atom is -0.480 e. The molecule has 3 saturated heterocycles. The summed E-state index contributed by atoms with van der Waals surface area (Å²) < 4.78 is 39.6. The highest BCUT2D eigenvalue weighted by atomic mass is 28.3. The molecule has 252 valence electrons. The first-order valence-corrected chi connectivity index (χ1v) is 17.8. The fourth-order valence-corrected chi connectivity index (χ4v) is 5.68. The van der Waals surface area contributed by atoms with Gasteiger partial charge >= 0.3 is 5.97 Å². The predicted octanol–water partition coefficient (Wildman–Crippen LogP) is -4.07. The van der Waals surface area contributed by atoms with Crippen LogP contribution in [0.5, 0.6) is 0 Å². The lowest BCUT2D eigenvalue weighted by Gasteiger charge is -2.49. The van der Waals surface area contributed by atoms with E-state index in [1.54, 1.807) is 0 Å². The maximum Gasteiger partial charge on any atom is 0.329 e. The Morgan fingerprint density at radius 1 is 0.674 bits per heavy atom. The largest absolute Gasteiger partial charge is 0.480 e. The van der Waals surface area contributed by atoms with Crippen LogP contribution in [-0.2, 0) is 38.0 Å². The maximum absolute atomic E-state index is 11.3. The summed E-state index contributed by atoms with van der Waals surface area (Å²) in [6, 6.07) is 0.700. The van der Waals surface area contributed by atoms with Gasteiger partial charge in [-0.1, -0.05) is 19.6 Å². The Morgan fingerprint density at radius 3 is 1.81 bits per heavy atom. The molecule has 0 aromatic heterocycles. The number of carbonyl (C=O) groups is 1. The number of aliphatic hydroxyl groups is 8. The molecule has 3 fully saturated rings. The molecule has 17 nitrogen and oxygen atoms in total. The average molecular weight is 647 g/mol. The molecule has 0 amide bonds. The number of ether oxygens (including phenoxy) is 7. The first kappa shape index (κ1) is 36.6. The van der Waals surface area contributed by atoms with Gasteiger partial charge in [-0.05, 0) is 13.0 Å². The second-order valence-electron chi connectivity index (χ2n) is 12.2. The molecule has 15 atom stereocenters. The minimum absolute atomic E-state index is 0.196. The average Bonchev–Trinajstić information content (AvgIpc) is 2.93. The molecule has 0 spiro atoms. The fourth-order valence-electron chi connectivity index (χ4n) is 4.95. The molecule has 18 heteroatoms. The lowest BCUT2D eigenvalue weighted by Crippen LogP contribution is -2.67. The Kier molecular flexibility index (Phi) is 13.2. The molecule has 3 aliphatic heterocycles. The van der Waals surface area contributed by atoms with Crippen molar-refractivity contribution in [1.82, 2.24) is 0 Å². The van der Waals surface area contributed by atoms with Crippen LogP contribution >= 0.6 is 0 Å². The zero-order chi connectivity index (χ0) is 32.2. The SMILES string of the molecule is C[C@@H]1O[C@@H](O[C@@H]2[C@@H](O)[C@H](OCC[Si](C)(C)C)O[C@H](CO)[C@H]2O[C@@H]2O[C@H](CO)[C@H](O)[C@H](OCC(=O)O)[C@H]2O)[C@@H](O)[C@H](O)[C@@H]1O. The topological polar surface area (TPSA) is 264 Å². The van der Waals surface area contributed by atoms with E-state index in [1.165, 1.54) is 6.92 Å². The summed E-state index contributed by atoms with van der Waals surface area (Å²) in [5.41, 5.74) is 0. The molecule has 0 bridgehead atoms. The summed E-state index contributed by atoms with van der Waals surface area (Å²) in [5.74, 6) is -1.39. The van der Waals surface area contributed by atoms with E-state index < -0.39 is 126 Å². The van der Waals surface area contributed by atoms with Gasteiger partial charge in [0.15, 0.2) is 18.9 Å². The molecule has 0 radical (unpaired) electrons. The van der Waals surface area contributed by atoms with E-state index in [0.717, 1.165) is 0 Å². The summed E-state index contributed by atoms with van der Waals surface area (Å²) >= 11 is 0. The van der Waals surface area contributed by atoms with Gasteiger partial charge < -0.3 is 79.1 Å². The minimum atomic E-state index is -1.84. The number of rotatable bonds is 13. The molecule has 3 rings (SSSR count). The third-order valence-corrected chi connectivity index (χ3v) is 9.24. The van der Waals surface area contributed by atoms with Gasteiger partial charge in [0.05, 0.1) is 19.3 Å². The van der Waals surface area contributed by atoms with Crippen molar-refractivity contribution < 1.29 is 83.9 Å². The zero-order valence-electron chi connectivity index (χ0n) is 24.5. The molecule has 0 unspecified atom stereocenters. The Bertz CT molecular complexity index is 877. The van der Waals surface area contributed by atoms with Crippen molar-refractivity contribution in [3.63, 3.8) is 0 Å². The van der Waals surface area contributed by atoms with Gasteiger partial charge in [-0.2, -0.15) is 0 Å². The molecule has 0 saturated carbocycles. The van der Waals surface area contributed by atoms with Gasteiger partial charge in [-0.15, -0.1) is 0 Å². The third-order valence-electron chi connectivity index (χ3n) is 7.54. The normalized spacial score (nSPS) is 44.3. The van der Waals surface area contributed by atoms with E-state index in [1.807, 2.05) is 0 Å². The molecule has 0 aliphatic carbocycles. The number of hydrogen-bond donors (Lipinski definition) is 9. The van der Waals surface area contributed by atoms with Crippen LogP contribution in [0.15, 0.2) is 0 Å². The number of aliphatic carboxylic acids is 1. The Balaban J connectivity index is 1.89. The molecule has 9 N–H and O–H groups in total. The van der Waals surface area contributed by atoms with Gasteiger partial charge in [0, 0.05) is 14.7 Å². The highest BCUT2D eigenvalue weighted by Gasteiger charge is 2.54. The molecule has 3 aliphatic rings. The standard InChI is InChI=1S/C25H46O17Si/c1-10-14(30)16(32)17(33)24(38-10)42-22-19(35)23(36-5-6-43(2,3)4)40-12(8-27)20(22)41-25-18(34)21(37-9-13(28)29)15(31)11(7-26)39-25/h10-12,14-27,30-35H,5-9H2,1-4H3,(H,28,29)/t10-,11+,12+,14+,15-,16+,17-,18+,19+,20+,21-,22+,23+,24-,25-/m0/s1.